The normalized spacial score (nSPS) is 11.9. The number of aryl methyl sites for hydroxylation is 1. The van der Waals surface area contributed by atoms with Gasteiger partial charge in [-0.3, -0.25) is 4.79 Å². The molecule has 0 spiro atoms. The molecule has 1 atom stereocenters. The van der Waals surface area contributed by atoms with E-state index in [1.165, 1.54) is 0 Å². The first-order valence-corrected chi connectivity index (χ1v) is 7.27. The molecule has 1 amide bonds. The summed E-state index contributed by atoms with van der Waals surface area (Å²) < 4.78 is 5.15. The van der Waals surface area contributed by atoms with Crippen LogP contribution in [0.5, 0.6) is 0 Å². The Morgan fingerprint density at radius 1 is 1.29 bits per heavy atom. The zero-order valence-corrected chi connectivity index (χ0v) is 12.4. The Labute approximate surface area is 125 Å². The van der Waals surface area contributed by atoms with Crippen LogP contribution in [0.25, 0.3) is 0 Å². The van der Waals surface area contributed by atoms with Crippen molar-refractivity contribution in [2.24, 2.45) is 0 Å². The lowest BCUT2D eigenvalue weighted by Crippen LogP contribution is -2.41. The van der Waals surface area contributed by atoms with Crippen molar-refractivity contribution < 1.29 is 19.4 Å². The summed E-state index contributed by atoms with van der Waals surface area (Å²) in [6.07, 6.45) is 1.90. The number of carbonyl (C=O) groups excluding carboxylic acids is 1. The van der Waals surface area contributed by atoms with Gasteiger partial charge in [-0.1, -0.05) is 30.3 Å². The van der Waals surface area contributed by atoms with Crippen LogP contribution in [-0.2, 0) is 20.7 Å². The number of hydrogen-bond acceptors (Lipinski definition) is 3. The number of hydrogen-bond donors (Lipinski definition) is 2. The number of carbonyl (C=O) groups is 2. The smallest absolute Gasteiger partial charge is 0.326 e. The Bertz CT molecular complexity index is 433. The lowest BCUT2D eigenvalue weighted by atomic mass is 10.1. The fourth-order valence-electron chi connectivity index (χ4n) is 1.96. The van der Waals surface area contributed by atoms with E-state index in [0.717, 1.165) is 5.56 Å². The van der Waals surface area contributed by atoms with Gasteiger partial charge in [0.1, 0.15) is 6.04 Å². The summed E-state index contributed by atoms with van der Waals surface area (Å²) >= 11 is 0. The van der Waals surface area contributed by atoms with Crippen LogP contribution in [0.3, 0.4) is 0 Å². The van der Waals surface area contributed by atoms with Gasteiger partial charge in [0.2, 0.25) is 5.91 Å². The summed E-state index contributed by atoms with van der Waals surface area (Å²) in [4.78, 5) is 22.9. The van der Waals surface area contributed by atoms with E-state index < -0.39 is 12.0 Å². The SMILES string of the molecule is CCOCCCC(=O)N[C@@H](CCc1ccccc1)C(=O)O. The number of rotatable bonds is 10. The van der Waals surface area contributed by atoms with E-state index in [4.69, 9.17) is 4.74 Å². The van der Waals surface area contributed by atoms with Gasteiger partial charge < -0.3 is 15.2 Å². The molecule has 1 rings (SSSR count). The number of benzene rings is 1. The molecule has 0 radical (unpaired) electrons. The number of ether oxygens (including phenoxy) is 1. The quantitative estimate of drug-likeness (QED) is 0.647. The highest BCUT2D eigenvalue weighted by atomic mass is 16.5. The van der Waals surface area contributed by atoms with Crippen LogP contribution < -0.4 is 5.32 Å². The fourth-order valence-corrected chi connectivity index (χ4v) is 1.96. The molecule has 5 heteroatoms. The van der Waals surface area contributed by atoms with Crippen molar-refractivity contribution in [1.29, 1.82) is 0 Å². The molecular formula is C16H23NO4. The Balaban J connectivity index is 2.35. The minimum atomic E-state index is -0.996. The van der Waals surface area contributed by atoms with E-state index >= 15 is 0 Å². The maximum atomic E-state index is 11.7. The average molecular weight is 293 g/mol. The zero-order chi connectivity index (χ0) is 15.5. The highest BCUT2D eigenvalue weighted by molar-refractivity contribution is 5.83. The van der Waals surface area contributed by atoms with Crippen molar-refractivity contribution in [3.05, 3.63) is 35.9 Å². The molecule has 0 saturated carbocycles. The highest BCUT2D eigenvalue weighted by Crippen LogP contribution is 2.06. The molecule has 21 heavy (non-hydrogen) atoms. The van der Waals surface area contributed by atoms with Crippen LogP contribution in [0.1, 0.15) is 31.7 Å². The van der Waals surface area contributed by atoms with Gasteiger partial charge in [-0.2, -0.15) is 0 Å². The second-order valence-corrected chi connectivity index (χ2v) is 4.78. The van der Waals surface area contributed by atoms with Gasteiger partial charge in [-0.15, -0.1) is 0 Å². The molecule has 0 heterocycles. The van der Waals surface area contributed by atoms with Gasteiger partial charge in [0.25, 0.3) is 0 Å². The third-order valence-corrected chi connectivity index (χ3v) is 3.09. The molecule has 2 N–H and O–H groups in total. The van der Waals surface area contributed by atoms with Gasteiger partial charge in [-0.25, -0.2) is 4.79 Å². The van der Waals surface area contributed by atoms with Gasteiger partial charge >= 0.3 is 5.97 Å². The van der Waals surface area contributed by atoms with Gasteiger partial charge in [0.05, 0.1) is 0 Å². The average Bonchev–Trinajstić information content (AvgIpc) is 2.48. The Morgan fingerprint density at radius 3 is 2.62 bits per heavy atom. The van der Waals surface area contributed by atoms with E-state index in [2.05, 4.69) is 5.32 Å². The van der Waals surface area contributed by atoms with Crippen LogP contribution in [0.2, 0.25) is 0 Å². The van der Waals surface area contributed by atoms with Crippen molar-refractivity contribution >= 4 is 11.9 Å². The molecule has 0 unspecified atom stereocenters. The molecule has 1 aromatic rings. The molecule has 116 valence electrons. The fraction of sp³-hybridized carbons (Fsp3) is 0.500. The molecule has 0 aromatic heterocycles. The van der Waals surface area contributed by atoms with Crippen LogP contribution >= 0.6 is 0 Å². The maximum absolute atomic E-state index is 11.7. The number of aliphatic carboxylic acids is 1. The van der Waals surface area contributed by atoms with Crippen molar-refractivity contribution in [3.63, 3.8) is 0 Å². The van der Waals surface area contributed by atoms with Crippen molar-refractivity contribution in [2.75, 3.05) is 13.2 Å². The number of nitrogens with one attached hydrogen (secondary N) is 1. The zero-order valence-electron chi connectivity index (χ0n) is 12.4. The summed E-state index contributed by atoms with van der Waals surface area (Å²) in [5, 5.41) is 11.7. The van der Waals surface area contributed by atoms with E-state index in [1.807, 2.05) is 37.3 Å². The first-order valence-electron chi connectivity index (χ1n) is 7.27. The van der Waals surface area contributed by atoms with Crippen LogP contribution in [0.4, 0.5) is 0 Å². The summed E-state index contributed by atoms with van der Waals surface area (Å²) in [6, 6.07) is 8.79. The minimum absolute atomic E-state index is 0.241. The van der Waals surface area contributed by atoms with Gasteiger partial charge in [0.15, 0.2) is 0 Å². The van der Waals surface area contributed by atoms with Gasteiger partial charge in [-0.05, 0) is 31.7 Å². The number of carboxylic acid groups (broad SMARTS) is 1. The number of carboxylic acids is 1. The molecular weight excluding hydrogens is 270 g/mol. The maximum Gasteiger partial charge on any atom is 0.326 e. The highest BCUT2D eigenvalue weighted by Gasteiger charge is 2.19. The summed E-state index contributed by atoms with van der Waals surface area (Å²) in [5.41, 5.74) is 1.06. The van der Waals surface area contributed by atoms with Crippen molar-refractivity contribution in [1.82, 2.24) is 5.32 Å². The van der Waals surface area contributed by atoms with E-state index in [-0.39, 0.29) is 12.3 Å². The van der Waals surface area contributed by atoms with E-state index in [0.29, 0.717) is 32.5 Å². The predicted octanol–water partition coefficient (Wildman–Crippen LogP) is 2.01. The second-order valence-electron chi connectivity index (χ2n) is 4.78. The van der Waals surface area contributed by atoms with Crippen molar-refractivity contribution in [2.45, 2.75) is 38.6 Å². The van der Waals surface area contributed by atoms with Crippen LogP contribution in [-0.4, -0.2) is 36.2 Å². The van der Waals surface area contributed by atoms with Crippen LogP contribution in [0, 0.1) is 0 Å². The minimum Gasteiger partial charge on any atom is -0.480 e. The molecule has 1 aromatic carbocycles. The van der Waals surface area contributed by atoms with E-state index in [1.54, 1.807) is 0 Å². The van der Waals surface area contributed by atoms with E-state index in [9.17, 15) is 14.7 Å². The standard InChI is InChI=1S/C16H23NO4/c1-2-21-12-6-9-15(18)17-14(16(19)20)11-10-13-7-4-3-5-8-13/h3-5,7-8,14H,2,6,9-12H2,1H3,(H,17,18)(H,19,20)/t14-/m0/s1. The molecule has 0 bridgehead atoms. The molecule has 0 aliphatic heterocycles. The summed E-state index contributed by atoms with van der Waals surface area (Å²) in [6.45, 7) is 3.03. The first kappa shape index (κ1) is 17.2. The Hall–Kier alpha value is -1.88. The summed E-state index contributed by atoms with van der Waals surface area (Å²) in [7, 11) is 0. The molecule has 0 aliphatic rings. The lowest BCUT2D eigenvalue weighted by molar-refractivity contribution is -0.142. The van der Waals surface area contributed by atoms with Crippen LogP contribution in [0.15, 0.2) is 30.3 Å². The molecule has 5 nitrogen and oxygen atoms in total. The Morgan fingerprint density at radius 2 is 2.00 bits per heavy atom. The first-order chi connectivity index (χ1) is 10.1. The molecule has 0 fully saturated rings. The lowest BCUT2D eigenvalue weighted by Gasteiger charge is -2.14. The largest absolute Gasteiger partial charge is 0.480 e. The van der Waals surface area contributed by atoms with Gasteiger partial charge in [0, 0.05) is 19.6 Å². The third-order valence-electron chi connectivity index (χ3n) is 3.09. The third kappa shape index (κ3) is 7.46. The van der Waals surface area contributed by atoms with Crippen molar-refractivity contribution in [3.8, 4) is 0 Å². The molecule has 0 aliphatic carbocycles. The molecule has 0 saturated heterocycles. The Kier molecular flexibility index (Phi) is 8.12. The topological polar surface area (TPSA) is 75.6 Å². The number of amides is 1. The monoisotopic (exact) mass is 293 g/mol. The summed E-state index contributed by atoms with van der Waals surface area (Å²) in [5.74, 6) is -1.24. The predicted molar refractivity (Wildman–Crippen MR) is 80.1 cm³/mol. The second kappa shape index (κ2) is 9.94.